The highest BCUT2D eigenvalue weighted by Gasteiger charge is 2.32. The molecule has 4 nitrogen and oxygen atoms in total. The van der Waals surface area contributed by atoms with Gasteiger partial charge in [-0.3, -0.25) is 9.69 Å². The molecule has 0 unspecified atom stereocenters. The lowest BCUT2D eigenvalue weighted by molar-refractivity contribution is 0.0488. The number of carbonyl (C=O) groups excluding carboxylic acids is 1. The number of hydrogen-bond donors (Lipinski definition) is 1. The zero-order valence-corrected chi connectivity index (χ0v) is 13.6. The maximum atomic E-state index is 12.4. The van der Waals surface area contributed by atoms with Crippen LogP contribution in [0.4, 0.5) is 0 Å². The van der Waals surface area contributed by atoms with Crippen LogP contribution in [0.25, 0.3) is 0 Å². The topological polar surface area (TPSA) is 43.8 Å². The Kier molecular flexibility index (Phi) is 4.62. The summed E-state index contributed by atoms with van der Waals surface area (Å²) in [4.78, 5) is 16.6. The van der Waals surface area contributed by atoms with Gasteiger partial charge in [-0.05, 0) is 43.0 Å². The molecule has 1 aliphatic carbocycles. The molecule has 1 N–H and O–H groups in total. The Morgan fingerprint density at radius 1 is 1.19 bits per heavy atom. The molecule has 114 valence electrons. The lowest BCUT2D eigenvalue weighted by Gasteiger charge is -2.35. The lowest BCUT2D eigenvalue weighted by atomic mass is 10.1. The summed E-state index contributed by atoms with van der Waals surface area (Å²) in [7, 11) is 0. The summed E-state index contributed by atoms with van der Waals surface area (Å²) in [5.74, 6) is 0.623. The van der Waals surface area contributed by atoms with Gasteiger partial charge in [-0.25, -0.2) is 0 Å². The SMILES string of the molecule is O=C(c1ccc(Br)cc1)N1CCN(C[C@H](O)C2CC2)CC1. The van der Waals surface area contributed by atoms with Gasteiger partial charge in [0.05, 0.1) is 6.10 Å². The fraction of sp³-hybridized carbons (Fsp3) is 0.562. The Bertz CT molecular complexity index is 494. The molecular formula is C16H21BrN2O2. The molecule has 0 bridgehead atoms. The van der Waals surface area contributed by atoms with Crippen LogP contribution in [0.1, 0.15) is 23.2 Å². The van der Waals surface area contributed by atoms with Gasteiger partial charge in [-0.1, -0.05) is 15.9 Å². The van der Waals surface area contributed by atoms with Crippen LogP contribution in [-0.2, 0) is 0 Å². The normalized spacial score (nSPS) is 21.3. The third-order valence-electron chi connectivity index (χ3n) is 4.36. The van der Waals surface area contributed by atoms with Gasteiger partial charge in [-0.2, -0.15) is 0 Å². The van der Waals surface area contributed by atoms with Crippen molar-refractivity contribution in [2.24, 2.45) is 5.92 Å². The molecule has 1 heterocycles. The van der Waals surface area contributed by atoms with Crippen molar-refractivity contribution < 1.29 is 9.90 Å². The summed E-state index contributed by atoms with van der Waals surface area (Å²) >= 11 is 3.38. The minimum absolute atomic E-state index is 0.102. The molecule has 0 radical (unpaired) electrons. The van der Waals surface area contributed by atoms with Crippen LogP contribution in [0.3, 0.4) is 0 Å². The molecule has 1 aliphatic heterocycles. The Hall–Kier alpha value is -0.910. The van der Waals surface area contributed by atoms with Crippen LogP contribution in [0, 0.1) is 5.92 Å². The number of nitrogens with zero attached hydrogens (tertiary/aromatic N) is 2. The number of halogens is 1. The van der Waals surface area contributed by atoms with Gasteiger partial charge >= 0.3 is 0 Å². The Balaban J connectivity index is 1.50. The molecule has 2 fully saturated rings. The summed E-state index contributed by atoms with van der Waals surface area (Å²) < 4.78 is 0.984. The number of rotatable bonds is 4. The number of aliphatic hydroxyl groups is 1. The minimum atomic E-state index is -0.182. The van der Waals surface area contributed by atoms with Gasteiger partial charge in [0, 0.05) is 42.8 Å². The number of β-amino-alcohol motifs (C(OH)–C–C–N with tert-alkyl or cyclic N) is 1. The molecular weight excluding hydrogens is 332 g/mol. The van der Waals surface area contributed by atoms with E-state index < -0.39 is 0 Å². The predicted octanol–water partition coefficient (Wildman–Crippen LogP) is 1.98. The van der Waals surface area contributed by atoms with E-state index in [-0.39, 0.29) is 12.0 Å². The second-order valence-corrected chi connectivity index (χ2v) is 6.92. The summed E-state index contributed by atoms with van der Waals surface area (Å²) in [6, 6.07) is 7.51. The van der Waals surface area contributed by atoms with Gasteiger partial charge in [0.15, 0.2) is 0 Å². The van der Waals surface area contributed by atoms with Crippen molar-refractivity contribution in [2.75, 3.05) is 32.7 Å². The molecule has 1 aromatic rings. The van der Waals surface area contributed by atoms with E-state index in [2.05, 4.69) is 20.8 Å². The largest absolute Gasteiger partial charge is 0.392 e. The van der Waals surface area contributed by atoms with Crippen molar-refractivity contribution in [3.8, 4) is 0 Å². The van der Waals surface area contributed by atoms with Gasteiger partial charge in [0.2, 0.25) is 0 Å². The van der Waals surface area contributed by atoms with Crippen LogP contribution in [0.15, 0.2) is 28.7 Å². The van der Waals surface area contributed by atoms with Crippen molar-refractivity contribution in [1.29, 1.82) is 0 Å². The van der Waals surface area contributed by atoms with Crippen LogP contribution in [-0.4, -0.2) is 59.6 Å². The molecule has 1 atom stereocenters. The van der Waals surface area contributed by atoms with Crippen LogP contribution >= 0.6 is 15.9 Å². The average Bonchev–Trinajstić information content (AvgIpc) is 3.33. The van der Waals surface area contributed by atoms with Gasteiger partial charge < -0.3 is 10.0 Å². The molecule has 21 heavy (non-hydrogen) atoms. The lowest BCUT2D eigenvalue weighted by Crippen LogP contribution is -2.50. The van der Waals surface area contributed by atoms with Crippen molar-refractivity contribution in [1.82, 2.24) is 9.80 Å². The van der Waals surface area contributed by atoms with E-state index in [1.54, 1.807) is 0 Å². The molecule has 3 rings (SSSR count). The van der Waals surface area contributed by atoms with Crippen LogP contribution in [0.5, 0.6) is 0 Å². The molecule has 0 aromatic heterocycles. The maximum Gasteiger partial charge on any atom is 0.253 e. The van der Waals surface area contributed by atoms with Crippen molar-refractivity contribution in [3.05, 3.63) is 34.3 Å². The standard InChI is InChI=1S/C16H21BrN2O2/c17-14-5-3-13(4-6-14)16(21)19-9-7-18(8-10-19)11-15(20)12-1-2-12/h3-6,12,15,20H,1-2,7-11H2/t15-/m0/s1. The number of amides is 1. The second kappa shape index (κ2) is 6.46. The van der Waals surface area contributed by atoms with Gasteiger partial charge in [0.1, 0.15) is 0 Å². The fourth-order valence-electron chi connectivity index (χ4n) is 2.80. The van der Waals surface area contributed by atoms with E-state index in [9.17, 15) is 9.90 Å². The molecule has 1 amide bonds. The number of piperazine rings is 1. The number of benzene rings is 1. The maximum absolute atomic E-state index is 12.4. The third kappa shape index (κ3) is 3.84. The molecule has 5 heteroatoms. The molecule has 1 saturated heterocycles. The fourth-order valence-corrected chi connectivity index (χ4v) is 3.07. The monoisotopic (exact) mass is 352 g/mol. The first-order chi connectivity index (χ1) is 10.1. The average molecular weight is 353 g/mol. The molecule has 1 aromatic carbocycles. The van der Waals surface area contributed by atoms with E-state index >= 15 is 0 Å². The van der Waals surface area contributed by atoms with Gasteiger partial charge in [0.25, 0.3) is 5.91 Å². The van der Waals surface area contributed by atoms with Crippen molar-refractivity contribution >= 4 is 21.8 Å². The summed E-state index contributed by atoms with van der Waals surface area (Å²) in [5, 5.41) is 9.99. The number of hydrogen-bond acceptors (Lipinski definition) is 3. The number of carbonyl (C=O) groups is 1. The summed E-state index contributed by atoms with van der Waals surface area (Å²) in [6.45, 7) is 3.95. The predicted molar refractivity (Wildman–Crippen MR) is 85.2 cm³/mol. The van der Waals surface area contributed by atoms with E-state index in [0.717, 1.165) is 42.8 Å². The quantitative estimate of drug-likeness (QED) is 0.900. The van der Waals surface area contributed by atoms with E-state index in [4.69, 9.17) is 0 Å². The Morgan fingerprint density at radius 2 is 1.81 bits per heavy atom. The van der Waals surface area contributed by atoms with Gasteiger partial charge in [-0.15, -0.1) is 0 Å². The number of aliphatic hydroxyl groups excluding tert-OH is 1. The zero-order valence-electron chi connectivity index (χ0n) is 12.0. The molecule has 1 saturated carbocycles. The zero-order chi connectivity index (χ0) is 14.8. The minimum Gasteiger partial charge on any atom is -0.392 e. The van der Waals surface area contributed by atoms with E-state index in [1.165, 1.54) is 12.8 Å². The third-order valence-corrected chi connectivity index (χ3v) is 4.89. The molecule has 2 aliphatic rings. The highest BCUT2D eigenvalue weighted by molar-refractivity contribution is 9.10. The first kappa shape index (κ1) is 15.0. The van der Waals surface area contributed by atoms with Crippen molar-refractivity contribution in [3.63, 3.8) is 0 Å². The first-order valence-electron chi connectivity index (χ1n) is 7.59. The van der Waals surface area contributed by atoms with Crippen LogP contribution < -0.4 is 0 Å². The Morgan fingerprint density at radius 3 is 2.38 bits per heavy atom. The van der Waals surface area contributed by atoms with E-state index in [1.807, 2.05) is 29.2 Å². The van der Waals surface area contributed by atoms with Crippen molar-refractivity contribution in [2.45, 2.75) is 18.9 Å². The Labute approximate surface area is 133 Å². The highest BCUT2D eigenvalue weighted by atomic mass is 79.9. The second-order valence-electron chi connectivity index (χ2n) is 6.00. The first-order valence-corrected chi connectivity index (χ1v) is 8.38. The highest BCUT2D eigenvalue weighted by Crippen LogP contribution is 2.32. The van der Waals surface area contributed by atoms with E-state index in [0.29, 0.717) is 5.92 Å². The molecule has 0 spiro atoms. The summed E-state index contributed by atoms with van der Waals surface area (Å²) in [5.41, 5.74) is 0.740. The van der Waals surface area contributed by atoms with Crippen LogP contribution in [0.2, 0.25) is 0 Å². The smallest absolute Gasteiger partial charge is 0.253 e. The summed E-state index contributed by atoms with van der Waals surface area (Å²) in [6.07, 6.45) is 2.16.